The zero-order valence-electron chi connectivity index (χ0n) is 10.8. The summed E-state index contributed by atoms with van der Waals surface area (Å²) in [6, 6.07) is 2.73. The predicted molar refractivity (Wildman–Crippen MR) is 69.4 cm³/mol. The number of hydrogen-bond donors (Lipinski definition) is 1. The normalized spacial score (nSPS) is 12.7. The molecular formula is C14H24N2. The Labute approximate surface area is 99.5 Å². The monoisotopic (exact) mass is 220 g/mol. The summed E-state index contributed by atoms with van der Waals surface area (Å²) >= 11 is 0. The van der Waals surface area contributed by atoms with E-state index < -0.39 is 0 Å². The van der Waals surface area contributed by atoms with E-state index in [4.69, 9.17) is 0 Å². The molecule has 0 bridgehead atoms. The van der Waals surface area contributed by atoms with E-state index in [1.54, 1.807) is 0 Å². The highest BCUT2D eigenvalue weighted by atomic mass is 14.9. The van der Waals surface area contributed by atoms with Crippen LogP contribution in [-0.4, -0.2) is 11.0 Å². The van der Waals surface area contributed by atoms with Crippen LogP contribution in [0.15, 0.2) is 18.5 Å². The molecule has 0 aliphatic heterocycles. The molecule has 1 aromatic heterocycles. The molecule has 2 heteroatoms. The summed E-state index contributed by atoms with van der Waals surface area (Å²) in [7, 11) is 0. The third kappa shape index (κ3) is 4.31. The molecule has 0 spiro atoms. The summed E-state index contributed by atoms with van der Waals surface area (Å²) in [6.07, 6.45) is 8.91. The second kappa shape index (κ2) is 7.39. The highest BCUT2D eigenvalue weighted by Crippen LogP contribution is 2.08. The summed E-state index contributed by atoms with van der Waals surface area (Å²) in [5, 5.41) is 3.62. The van der Waals surface area contributed by atoms with Crippen molar-refractivity contribution in [3.05, 3.63) is 29.6 Å². The summed E-state index contributed by atoms with van der Waals surface area (Å²) in [5.74, 6) is 0. The van der Waals surface area contributed by atoms with Gasteiger partial charge < -0.3 is 5.32 Å². The molecule has 1 aromatic rings. The molecule has 0 fully saturated rings. The maximum absolute atomic E-state index is 4.17. The molecule has 16 heavy (non-hydrogen) atoms. The molecule has 0 amide bonds. The standard InChI is InChI=1S/C14H24N2/c1-4-6-7-14(5-2)16-11-13-10-15-9-8-12(13)3/h8-10,14,16H,4-7,11H2,1-3H3. The van der Waals surface area contributed by atoms with Gasteiger partial charge in [0, 0.05) is 25.0 Å². The Bertz CT molecular complexity index is 297. The minimum atomic E-state index is 0.652. The van der Waals surface area contributed by atoms with Crippen molar-refractivity contribution in [1.82, 2.24) is 10.3 Å². The summed E-state index contributed by atoms with van der Waals surface area (Å²) in [4.78, 5) is 4.17. The van der Waals surface area contributed by atoms with Crippen LogP contribution in [0, 0.1) is 6.92 Å². The Kier molecular flexibility index (Phi) is 6.09. The molecule has 0 aliphatic carbocycles. The second-order valence-electron chi connectivity index (χ2n) is 4.43. The fraction of sp³-hybridized carbons (Fsp3) is 0.643. The lowest BCUT2D eigenvalue weighted by Gasteiger charge is -2.17. The van der Waals surface area contributed by atoms with Gasteiger partial charge in [-0.1, -0.05) is 26.7 Å². The fourth-order valence-corrected chi connectivity index (χ4v) is 1.84. The minimum absolute atomic E-state index is 0.652. The molecule has 1 N–H and O–H groups in total. The van der Waals surface area contributed by atoms with Crippen LogP contribution >= 0.6 is 0 Å². The van der Waals surface area contributed by atoms with E-state index in [-0.39, 0.29) is 0 Å². The van der Waals surface area contributed by atoms with Crippen LogP contribution in [0.3, 0.4) is 0 Å². The van der Waals surface area contributed by atoms with Crippen LogP contribution < -0.4 is 5.32 Å². The first-order chi connectivity index (χ1) is 7.77. The van der Waals surface area contributed by atoms with Crippen molar-refractivity contribution in [1.29, 1.82) is 0 Å². The van der Waals surface area contributed by atoms with Gasteiger partial charge in [0.1, 0.15) is 0 Å². The molecule has 90 valence electrons. The van der Waals surface area contributed by atoms with Crippen LogP contribution in [0.5, 0.6) is 0 Å². The molecule has 0 radical (unpaired) electrons. The van der Waals surface area contributed by atoms with Crippen molar-refractivity contribution in [3.8, 4) is 0 Å². The summed E-state index contributed by atoms with van der Waals surface area (Å²) in [6.45, 7) is 7.59. The number of unbranched alkanes of at least 4 members (excludes halogenated alkanes) is 1. The number of aryl methyl sites for hydroxylation is 1. The van der Waals surface area contributed by atoms with Gasteiger partial charge in [0.15, 0.2) is 0 Å². The van der Waals surface area contributed by atoms with Gasteiger partial charge in [0.05, 0.1) is 0 Å². The van der Waals surface area contributed by atoms with Gasteiger partial charge in [-0.2, -0.15) is 0 Å². The van der Waals surface area contributed by atoms with Crippen molar-refractivity contribution in [2.75, 3.05) is 0 Å². The maximum atomic E-state index is 4.17. The van der Waals surface area contributed by atoms with E-state index in [0.717, 1.165) is 6.54 Å². The van der Waals surface area contributed by atoms with Crippen molar-refractivity contribution in [2.24, 2.45) is 0 Å². The highest BCUT2D eigenvalue weighted by molar-refractivity contribution is 5.21. The molecule has 2 nitrogen and oxygen atoms in total. The smallest absolute Gasteiger partial charge is 0.0315 e. The van der Waals surface area contributed by atoms with E-state index in [0.29, 0.717) is 6.04 Å². The highest BCUT2D eigenvalue weighted by Gasteiger charge is 2.05. The van der Waals surface area contributed by atoms with E-state index in [1.165, 1.54) is 36.8 Å². The van der Waals surface area contributed by atoms with Gasteiger partial charge in [0.25, 0.3) is 0 Å². The lowest BCUT2D eigenvalue weighted by Crippen LogP contribution is -2.28. The number of nitrogens with zero attached hydrogens (tertiary/aromatic N) is 1. The Morgan fingerprint density at radius 2 is 2.19 bits per heavy atom. The summed E-state index contributed by atoms with van der Waals surface area (Å²) in [5.41, 5.74) is 2.64. The lowest BCUT2D eigenvalue weighted by atomic mass is 10.1. The number of nitrogens with one attached hydrogen (secondary N) is 1. The van der Waals surface area contributed by atoms with Crippen LogP contribution in [0.4, 0.5) is 0 Å². The molecule has 0 saturated heterocycles. The first-order valence-electron chi connectivity index (χ1n) is 6.40. The predicted octanol–water partition coefficient (Wildman–Crippen LogP) is 3.45. The van der Waals surface area contributed by atoms with Gasteiger partial charge in [-0.05, 0) is 37.0 Å². The quantitative estimate of drug-likeness (QED) is 0.761. The molecule has 1 unspecified atom stereocenters. The average Bonchev–Trinajstić information content (AvgIpc) is 2.31. The third-order valence-electron chi connectivity index (χ3n) is 3.13. The van der Waals surface area contributed by atoms with Gasteiger partial charge in [-0.3, -0.25) is 4.98 Å². The summed E-state index contributed by atoms with van der Waals surface area (Å²) < 4.78 is 0. The van der Waals surface area contributed by atoms with Gasteiger partial charge in [-0.15, -0.1) is 0 Å². The van der Waals surface area contributed by atoms with Crippen LogP contribution in [0.25, 0.3) is 0 Å². The van der Waals surface area contributed by atoms with Crippen molar-refractivity contribution < 1.29 is 0 Å². The van der Waals surface area contributed by atoms with Crippen LogP contribution in [0.1, 0.15) is 50.7 Å². The molecular weight excluding hydrogens is 196 g/mol. The van der Waals surface area contributed by atoms with E-state index in [2.05, 4.69) is 37.1 Å². The Balaban J connectivity index is 2.40. The molecule has 1 heterocycles. The number of rotatable bonds is 7. The van der Waals surface area contributed by atoms with Gasteiger partial charge >= 0.3 is 0 Å². The van der Waals surface area contributed by atoms with Gasteiger partial charge in [0.2, 0.25) is 0 Å². The Hall–Kier alpha value is -0.890. The third-order valence-corrected chi connectivity index (χ3v) is 3.13. The molecule has 1 rings (SSSR count). The largest absolute Gasteiger partial charge is 0.310 e. The first-order valence-corrected chi connectivity index (χ1v) is 6.40. The average molecular weight is 220 g/mol. The second-order valence-corrected chi connectivity index (χ2v) is 4.43. The SMILES string of the molecule is CCCCC(CC)NCc1cnccc1C. The molecule has 0 aromatic carbocycles. The zero-order valence-corrected chi connectivity index (χ0v) is 10.8. The first kappa shape index (κ1) is 13.2. The molecule has 0 aliphatic rings. The number of aromatic nitrogens is 1. The van der Waals surface area contributed by atoms with Crippen molar-refractivity contribution >= 4 is 0 Å². The van der Waals surface area contributed by atoms with E-state index >= 15 is 0 Å². The molecule has 1 atom stereocenters. The van der Waals surface area contributed by atoms with Crippen molar-refractivity contribution in [2.45, 2.75) is 59.0 Å². The minimum Gasteiger partial charge on any atom is -0.310 e. The van der Waals surface area contributed by atoms with Crippen LogP contribution in [-0.2, 0) is 6.54 Å². The van der Waals surface area contributed by atoms with E-state index in [1.807, 2.05) is 12.4 Å². The number of pyridine rings is 1. The lowest BCUT2D eigenvalue weighted by molar-refractivity contribution is 0.451. The fourth-order valence-electron chi connectivity index (χ4n) is 1.84. The van der Waals surface area contributed by atoms with Crippen LogP contribution in [0.2, 0.25) is 0 Å². The Morgan fingerprint density at radius 3 is 2.81 bits per heavy atom. The number of hydrogen-bond acceptors (Lipinski definition) is 2. The van der Waals surface area contributed by atoms with Crippen molar-refractivity contribution in [3.63, 3.8) is 0 Å². The molecule has 0 saturated carbocycles. The van der Waals surface area contributed by atoms with E-state index in [9.17, 15) is 0 Å². The topological polar surface area (TPSA) is 24.9 Å². The van der Waals surface area contributed by atoms with Gasteiger partial charge in [-0.25, -0.2) is 0 Å². The zero-order chi connectivity index (χ0) is 11.8. The maximum Gasteiger partial charge on any atom is 0.0315 e. The Morgan fingerprint density at radius 1 is 1.38 bits per heavy atom.